The van der Waals surface area contributed by atoms with E-state index in [1.165, 1.54) is 11.6 Å². The van der Waals surface area contributed by atoms with E-state index in [2.05, 4.69) is 34.5 Å². The zero-order valence-electron chi connectivity index (χ0n) is 14.4. The third-order valence-corrected chi connectivity index (χ3v) is 4.88. The molecule has 0 radical (unpaired) electrons. The number of piperazine rings is 1. The molecule has 25 heavy (non-hydrogen) atoms. The second kappa shape index (κ2) is 7.09. The van der Waals surface area contributed by atoms with Gasteiger partial charge in [0.15, 0.2) is 0 Å². The molecule has 0 aliphatic carbocycles. The monoisotopic (exact) mass is 342 g/mol. The molecule has 6 heteroatoms. The zero-order valence-corrected chi connectivity index (χ0v) is 14.4. The van der Waals surface area contributed by atoms with Crippen LogP contribution in [0.4, 0.5) is 15.8 Å². The first-order chi connectivity index (χ1) is 12.2. The van der Waals surface area contributed by atoms with Crippen LogP contribution in [0.2, 0.25) is 0 Å². The van der Waals surface area contributed by atoms with Crippen LogP contribution in [0.15, 0.2) is 42.5 Å². The minimum atomic E-state index is -0.219. The molecule has 1 saturated heterocycles. The number of hydrogen-bond donors (Lipinski definition) is 1. The van der Waals surface area contributed by atoms with E-state index in [9.17, 15) is 4.39 Å². The van der Waals surface area contributed by atoms with Gasteiger partial charge in [-0.15, -0.1) is 0 Å². The topological polar surface area (TPSA) is 31.0 Å². The number of para-hydroxylation sites is 1. The number of nitrogens with zero attached hydrogens (tertiary/aromatic N) is 3. The van der Waals surface area contributed by atoms with Gasteiger partial charge in [0, 0.05) is 44.0 Å². The second-order valence-electron chi connectivity index (χ2n) is 6.63. The fraction of sp³-hybridized carbons (Fsp3) is 0.368. The number of benzene rings is 2. The predicted octanol–water partition coefficient (Wildman–Crippen LogP) is 2.51. The number of fused-ring (bicyclic) bond motifs is 2. The molecule has 0 unspecified atom stereocenters. The highest BCUT2D eigenvalue weighted by atomic mass is 19.1. The van der Waals surface area contributed by atoms with E-state index >= 15 is 0 Å². The molecule has 4 rings (SSSR count). The summed E-state index contributed by atoms with van der Waals surface area (Å²) in [5, 5.41) is 1.93. The number of rotatable bonds is 4. The Morgan fingerprint density at radius 1 is 1.00 bits per heavy atom. The van der Waals surface area contributed by atoms with Crippen molar-refractivity contribution in [2.45, 2.75) is 6.42 Å². The molecule has 0 amide bonds. The molecule has 0 saturated carbocycles. The van der Waals surface area contributed by atoms with Gasteiger partial charge in [-0.05, 0) is 36.4 Å². The Morgan fingerprint density at radius 3 is 2.60 bits per heavy atom. The van der Waals surface area contributed by atoms with Crippen LogP contribution < -0.4 is 10.4 Å². The molecule has 0 spiro atoms. The molecule has 1 fully saturated rings. The SMILES string of the molecule is CN1CCN(ONCN2c3ccccc3Cc3ccc(F)cc32)CC1. The molecule has 0 bridgehead atoms. The lowest BCUT2D eigenvalue weighted by Crippen LogP contribution is -2.47. The molecule has 1 N–H and O–H groups in total. The molecule has 2 aromatic rings. The van der Waals surface area contributed by atoms with Gasteiger partial charge in [0.1, 0.15) is 5.82 Å². The number of likely N-dealkylation sites (N-methyl/N-ethyl adjacent to an activating group) is 1. The average molecular weight is 342 g/mol. The fourth-order valence-electron chi connectivity index (χ4n) is 3.43. The summed E-state index contributed by atoms with van der Waals surface area (Å²) in [7, 11) is 2.11. The third-order valence-electron chi connectivity index (χ3n) is 4.88. The van der Waals surface area contributed by atoms with Crippen LogP contribution in [-0.4, -0.2) is 49.9 Å². The van der Waals surface area contributed by atoms with Crippen molar-refractivity contribution >= 4 is 11.4 Å². The highest BCUT2D eigenvalue weighted by Gasteiger charge is 2.23. The average Bonchev–Trinajstić information content (AvgIpc) is 2.63. The normalized spacial score (nSPS) is 18.1. The van der Waals surface area contributed by atoms with E-state index in [0.717, 1.165) is 49.5 Å². The summed E-state index contributed by atoms with van der Waals surface area (Å²) in [5.74, 6) is -0.219. The Labute approximate surface area is 147 Å². The Hall–Kier alpha value is -1.99. The second-order valence-corrected chi connectivity index (χ2v) is 6.63. The van der Waals surface area contributed by atoms with Crippen molar-refractivity contribution in [2.75, 3.05) is 44.8 Å². The van der Waals surface area contributed by atoms with Gasteiger partial charge in [-0.1, -0.05) is 24.3 Å². The van der Waals surface area contributed by atoms with Crippen LogP contribution in [0, 0.1) is 5.82 Å². The molecular formula is C19H23FN4O. The Kier molecular flexibility index (Phi) is 4.67. The lowest BCUT2D eigenvalue weighted by molar-refractivity contribution is -0.221. The Balaban J connectivity index is 1.49. The van der Waals surface area contributed by atoms with Gasteiger partial charge in [-0.25, -0.2) is 9.33 Å². The highest BCUT2D eigenvalue weighted by molar-refractivity contribution is 5.74. The van der Waals surface area contributed by atoms with Crippen LogP contribution >= 0.6 is 0 Å². The molecule has 0 aromatic heterocycles. The van der Waals surface area contributed by atoms with Crippen molar-refractivity contribution in [1.29, 1.82) is 0 Å². The molecule has 5 nitrogen and oxygen atoms in total. The molecule has 2 aromatic carbocycles. The van der Waals surface area contributed by atoms with Crippen molar-refractivity contribution in [3.05, 3.63) is 59.4 Å². The van der Waals surface area contributed by atoms with Gasteiger partial charge < -0.3 is 9.80 Å². The molecule has 2 aliphatic rings. The first-order valence-electron chi connectivity index (χ1n) is 8.68. The number of nitrogens with one attached hydrogen (secondary N) is 1. The number of hydroxylamine groups is 3. The molecule has 0 atom stereocenters. The molecule has 2 aliphatic heterocycles. The smallest absolute Gasteiger partial charge is 0.125 e. The minimum Gasteiger partial charge on any atom is -0.325 e. The summed E-state index contributed by atoms with van der Waals surface area (Å²) in [4.78, 5) is 10.1. The quantitative estimate of drug-likeness (QED) is 0.863. The van der Waals surface area contributed by atoms with Crippen LogP contribution in [-0.2, 0) is 11.4 Å². The van der Waals surface area contributed by atoms with Crippen molar-refractivity contribution in [3.8, 4) is 0 Å². The van der Waals surface area contributed by atoms with Crippen LogP contribution in [0.25, 0.3) is 0 Å². The van der Waals surface area contributed by atoms with Crippen molar-refractivity contribution in [1.82, 2.24) is 15.4 Å². The lowest BCUT2D eigenvalue weighted by atomic mass is 9.96. The van der Waals surface area contributed by atoms with Crippen molar-refractivity contribution in [3.63, 3.8) is 0 Å². The van der Waals surface area contributed by atoms with Crippen molar-refractivity contribution < 1.29 is 9.33 Å². The van der Waals surface area contributed by atoms with E-state index in [1.807, 2.05) is 23.3 Å². The number of halogens is 1. The lowest BCUT2D eigenvalue weighted by Gasteiger charge is -2.35. The standard InChI is InChI=1S/C19H23FN4O/c1-22-8-10-23(11-9-22)25-21-14-24-18-5-3-2-4-15(18)12-16-6-7-17(20)13-19(16)24/h2-7,13,21H,8-12,14H2,1H3. The van der Waals surface area contributed by atoms with Crippen LogP contribution in [0.1, 0.15) is 11.1 Å². The summed E-state index contributed by atoms with van der Waals surface area (Å²) in [6, 6.07) is 13.2. The molecular weight excluding hydrogens is 319 g/mol. The van der Waals surface area contributed by atoms with Gasteiger partial charge in [-0.3, -0.25) is 0 Å². The number of anilines is 2. The summed E-state index contributed by atoms with van der Waals surface area (Å²) in [5.41, 5.74) is 7.41. The Bertz CT molecular complexity index is 746. The maximum absolute atomic E-state index is 13.8. The van der Waals surface area contributed by atoms with Gasteiger partial charge in [0.25, 0.3) is 0 Å². The minimum absolute atomic E-state index is 0.219. The van der Waals surface area contributed by atoms with Gasteiger partial charge in [-0.2, -0.15) is 10.5 Å². The van der Waals surface area contributed by atoms with Crippen LogP contribution in [0.5, 0.6) is 0 Å². The number of hydrogen-bond acceptors (Lipinski definition) is 5. The highest BCUT2D eigenvalue weighted by Crippen LogP contribution is 2.38. The molecule has 132 valence electrons. The largest absolute Gasteiger partial charge is 0.325 e. The summed E-state index contributed by atoms with van der Waals surface area (Å²) < 4.78 is 13.8. The predicted molar refractivity (Wildman–Crippen MR) is 95.9 cm³/mol. The first kappa shape index (κ1) is 16.5. The summed E-state index contributed by atoms with van der Waals surface area (Å²) >= 11 is 0. The Morgan fingerprint density at radius 2 is 1.76 bits per heavy atom. The van der Waals surface area contributed by atoms with Gasteiger partial charge >= 0.3 is 0 Å². The van der Waals surface area contributed by atoms with Gasteiger partial charge in [0.2, 0.25) is 0 Å². The molecule has 2 heterocycles. The fourth-order valence-corrected chi connectivity index (χ4v) is 3.43. The summed E-state index contributed by atoms with van der Waals surface area (Å²) in [6.07, 6.45) is 0.821. The first-order valence-corrected chi connectivity index (χ1v) is 8.68. The third kappa shape index (κ3) is 3.52. The van der Waals surface area contributed by atoms with E-state index in [4.69, 9.17) is 4.94 Å². The summed E-state index contributed by atoms with van der Waals surface area (Å²) in [6.45, 7) is 4.17. The van der Waals surface area contributed by atoms with E-state index in [1.54, 1.807) is 6.07 Å². The van der Waals surface area contributed by atoms with Crippen LogP contribution in [0.3, 0.4) is 0 Å². The van der Waals surface area contributed by atoms with E-state index < -0.39 is 0 Å². The maximum atomic E-state index is 13.8. The zero-order chi connectivity index (χ0) is 17.2. The van der Waals surface area contributed by atoms with Gasteiger partial charge in [0.05, 0.1) is 6.67 Å². The van der Waals surface area contributed by atoms with E-state index in [0.29, 0.717) is 6.67 Å². The van der Waals surface area contributed by atoms with E-state index in [-0.39, 0.29) is 5.82 Å². The maximum Gasteiger partial charge on any atom is 0.125 e. The van der Waals surface area contributed by atoms with Crippen molar-refractivity contribution in [2.24, 2.45) is 0 Å².